The summed E-state index contributed by atoms with van der Waals surface area (Å²) < 4.78 is 41.8. The van der Waals surface area contributed by atoms with Crippen LogP contribution in [0.3, 0.4) is 0 Å². The van der Waals surface area contributed by atoms with Gasteiger partial charge in [-0.25, -0.2) is 4.79 Å². The van der Waals surface area contributed by atoms with E-state index < -0.39 is 29.2 Å². The number of benzene rings is 1. The minimum absolute atomic E-state index is 0.0503. The maximum Gasteiger partial charge on any atom is 0.454 e. The molecule has 0 aromatic heterocycles. The zero-order chi connectivity index (χ0) is 15.6. The first-order valence-electron chi connectivity index (χ1n) is 5.70. The predicted molar refractivity (Wildman–Crippen MR) is 66.7 cm³/mol. The van der Waals surface area contributed by atoms with Gasteiger partial charge in [-0.3, -0.25) is 10.1 Å². The second-order valence-corrected chi connectivity index (χ2v) is 5.03. The van der Waals surface area contributed by atoms with Crippen molar-refractivity contribution < 1.29 is 27.5 Å². The highest BCUT2D eigenvalue weighted by atomic mass is 19.4. The summed E-state index contributed by atoms with van der Waals surface area (Å²) in [7, 11) is 0. The Balaban J connectivity index is 2.84. The number of ketones is 1. The van der Waals surface area contributed by atoms with Gasteiger partial charge in [0.2, 0.25) is 0 Å². The van der Waals surface area contributed by atoms with E-state index in [0.717, 1.165) is 12.1 Å². The van der Waals surface area contributed by atoms with Crippen LogP contribution in [0.4, 0.5) is 23.7 Å². The third-order valence-electron chi connectivity index (χ3n) is 2.03. The first kappa shape index (κ1) is 16.0. The van der Waals surface area contributed by atoms with Crippen LogP contribution in [-0.2, 0) is 4.74 Å². The molecule has 0 saturated carbocycles. The highest BCUT2D eigenvalue weighted by Crippen LogP contribution is 2.23. The average Bonchev–Trinajstić information content (AvgIpc) is 2.24. The smallest absolute Gasteiger partial charge is 0.444 e. The van der Waals surface area contributed by atoms with Crippen molar-refractivity contribution in [3.8, 4) is 0 Å². The number of hydrogen-bond acceptors (Lipinski definition) is 3. The van der Waals surface area contributed by atoms with Gasteiger partial charge in [0.25, 0.3) is 5.78 Å². The largest absolute Gasteiger partial charge is 0.454 e. The average molecular weight is 289 g/mol. The van der Waals surface area contributed by atoms with E-state index in [1.54, 1.807) is 20.8 Å². The predicted octanol–water partition coefficient (Wildman–Crippen LogP) is 3.78. The molecule has 0 fully saturated rings. The number of carbonyl (C=O) groups is 2. The van der Waals surface area contributed by atoms with Gasteiger partial charge in [-0.2, -0.15) is 13.2 Å². The van der Waals surface area contributed by atoms with Crippen molar-refractivity contribution in [3.63, 3.8) is 0 Å². The van der Waals surface area contributed by atoms with Gasteiger partial charge in [0, 0.05) is 11.3 Å². The fraction of sp³-hybridized carbons (Fsp3) is 0.385. The number of rotatable bonds is 2. The van der Waals surface area contributed by atoms with Gasteiger partial charge in [-0.1, -0.05) is 12.1 Å². The van der Waals surface area contributed by atoms with Gasteiger partial charge >= 0.3 is 12.3 Å². The fourth-order valence-electron chi connectivity index (χ4n) is 1.32. The number of amides is 1. The molecule has 0 aliphatic carbocycles. The molecule has 0 aliphatic heterocycles. The molecule has 110 valence electrons. The van der Waals surface area contributed by atoms with Gasteiger partial charge in [-0.15, -0.1) is 0 Å². The van der Waals surface area contributed by atoms with Gasteiger partial charge in [0.05, 0.1) is 0 Å². The van der Waals surface area contributed by atoms with Crippen LogP contribution >= 0.6 is 0 Å². The lowest BCUT2D eigenvalue weighted by molar-refractivity contribution is -0.0885. The monoisotopic (exact) mass is 289 g/mol. The van der Waals surface area contributed by atoms with E-state index in [9.17, 15) is 22.8 Å². The minimum atomic E-state index is -4.95. The van der Waals surface area contributed by atoms with Gasteiger partial charge in [-0.05, 0) is 32.9 Å². The second-order valence-electron chi connectivity index (χ2n) is 5.03. The van der Waals surface area contributed by atoms with E-state index in [0.29, 0.717) is 0 Å². The number of nitrogens with one attached hydrogen (secondary N) is 1. The van der Waals surface area contributed by atoms with Crippen molar-refractivity contribution in [3.05, 3.63) is 29.8 Å². The van der Waals surface area contributed by atoms with Crippen LogP contribution in [0.5, 0.6) is 0 Å². The summed E-state index contributed by atoms with van der Waals surface area (Å²) in [5, 5.41) is 2.26. The summed E-state index contributed by atoms with van der Waals surface area (Å²) in [5.74, 6) is -1.97. The molecular weight excluding hydrogens is 275 g/mol. The Labute approximate surface area is 113 Å². The number of anilines is 1. The number of carbonyl (C=O) groups excluding carboxylic acids is 2. The first-order valence-corrected chi connectivity index (χ1v) is 5.70. The molecule has 0 aliphatic rings. The van der Waals surface area contributed by atoms with Crippen molar-refractivity contribution in [2.24, 2.45) is 0 Å². The zero-order valence-electron chi connectivity index (χ0n) is 11.2. The number of hydrogen-bond donors (Lipinski definition) is 1. The molecule has 0 atom stereocenters. The molecule has 1 aromatic carbocycles. The van der Waals surface area contributed by atoms with Crippen LogP contribution in [0, 0.1) is 0 Å². The highest BCUT2D eigenvalue weighted by molar-refractivity contribution is 6.01. The Bertz CT molecular complexity index is 518. The summed E-state index contributed by atoms with van der Waals surface area (Å²) >= 11 is 0. The van der Waals surface area contributed by atoms with Crippen molar-refractivity contribution in [2.45, 2.75) is 32.5 Å². The van der Waals surface area contributed by atoms with Gasteiger partial charge < -0.3 is 4.74 Å². The third-order valence-corrected chi connectivity index (χ3v) is 2.03. The molecule has 0 unspecified atom stereocenters. The fourth-order valence-corrected chi connectivity index (χ4v) is 1.32. The summed E-state index contributed by atoms with van der Waals surface area (Å²) in [5.41, 5.74) is -1.23. The number of ether oxygens (including phenoxy) is 1. The Kier molecular flexibility index (Phi) is 4.42. The minimum Gasteiger partial charge on any atom is -0.444 e. The number of Topliss-reactive ketones (excluding diaryl/α,β-unsaturated/α-hetero) is 1. The summed E-state index contributed by atoms with van der Waals surface area (Å²) in [6.45, 7) is 4.95. The Morgan fingerprint density at radius 3 is 2.25 bits per heavy atom. The van der Waals surface area contributed by atoms with Crippen LogP contribution < -0.4 is 5.32 Å². The van der Waals surface area contributed by atoms with Gasteiger partial charge in [0.15, 0.2) is 0 Å². The first-order chi connectivity index (χ1) is 8.99. The van der Waals surface area contributed by atoms with Crippen molar-refractivity contribution >= 4 is 17.6 Å². The molecule has 0 radical (unpaired) electrons. The molecule has 1 aromatic rings. The van der Waals surface area contributed by atoms with E-state index in [-0.39, 0.29) is 5.69 Å². The van der Waals surface area contributed by atoms with Crippen LogP contribution in [0.1, 0.15) is 31.1 Å². The van der Waals surface area contributed by atoms with E-state index in [2.05, 4.69) is 5.32 Å². The topological polar surface area (TPSA) is 55.4 Å². The van der Waals surface area contributed by atoms with Crippen LogP contribution in [0.2, 0.25) is 0 Å². The molecule has 0 spiro atoms. The van der Waals surface area contributed by atoms with Crippen molar-refractivity contribution in [1.29, 1.82) is 0 Å². The SMILES string of the molecule is CC(C)(C)OC(=O)Nc1cccc(C(=O)C(F)(F)F)c1. The molecular formula is C13H14F3NO3. The number of alkyl halides is 3. The molecule has 1 rings (SSSR count). The Hall–Kier alpha value is -2.05. The molecule has 1 N–H and O–H groups in total. The molecule has 0 heterocycles. The molecule has 7 heteroatoms. The maximum absolute atomic E-state index is 12.3. The lowest BCUT2D eigenvalue weighted by Crippen LogP contribution is -2.27. The summed E-state index contributed by atoms with van der Waals surface area (Å²) in [6.07, 6.45) is -5.76. The lowest BCUT2D eigenvalue weighted by atomic mass is 10.1. The van der Waals surface area contributed by atoms with E-state index >= 15 is 0 Å². The normalized spacial score (nSPS) is 11.9. The Morgan fingerprint density at radius 2 is 1.75 bits per heavy atom. The molecule has 20 heavy (non-hydrogen) atoms. The van der Waals surface area contributed by atoms with Crippen molar-refractivity contribution in [1.82, 2.24) is 0 Å². The van der Waals surface area contributed by atoms with Gasteiger partial charge in [0.1, 0.15) is 5.60 Å². The standard InChI is InChI=1S/C13H14F3NO3/c1-12(2,3)20-11(19)17-9-6-4-5-8(7-9)10(18)13(14,15)16/h4-7H,1-3H3,(H,17,19). The molecule has 4 nitrogen and oxygen atoms in total. The molecule has 0 saturated heterocycles. The maximum atomic E-state index is 12.3. The summed E-state index contributed by atoms with van der Waals surface area (Å²) in [4.78, 5) is 22.5. The summed E-state index contributed by atoms with van der Waals surface area (Å²) in [6, 6.07) is 4.57. The van der Waals surface area contributed by atoms with Crippen LogP contribution in [-0.4, -0.2) is 23.7 Å². The lowest BCUT2D eigenvalue weighted by Gasteiger charge is -2.19. The van der Waals surface area contributed by atoms with Crippen LogP contribution in [0.25, 0.3) is 0 Å². The van der Waals surface area contributed by atoms with E-state index in [1.165, 1.54) is 12.1 Å². The van der Waals surface area contributed by atoms with Crippen molar-refractivity contribution in [2.75, 3.05) is 5.32 Å². The number of halogens is 3. The van der Waals surface area contributed by atoms with E-state index in [4.69, 9.17) is 4.74 Å². The molecule has 1 amide bonds. The second kappa shape index (κ2) is 5.52. The quantitative estimate of drug-likeness (QED) is 0.843. The Morgan fingerprint density at radius 1 is 1.15 bits per heavy atom. The van der Waals surface area contributed by atoms with Crippen LogP contribution in [0.15, 0.2) is 24.3 Å². The third kappa shape index (κ3) is 4.91. The van der Waals surface area contributed by atoms with E-state index in [1.807, 2.05) is 0 Å². The highest BCUT2D eigenvalue weighted by Gasteiger charge is 2.39. The molecule has 0 bridgehead atoms. The zero-order valence-corrected chi connectivity index (χ0v) is 11.2.